The smallest absolute Gasteiger partial charge is 0.0416 e. The van der Waals surface area contributed by atoms with E-state index in [1.807, 2.05) is 0 Å². The van der Waals surface area contributed by atoms with Gasteiger partial charge in [0.15, 0.2) is 0 Å². The van der Waals surface area contributed by atoms with E-state index in [0.29, 0.717) is 11.4 Å². The summed E-state index contributed by atoms with van der Waals surface area (Å²) in [6.45, 7) is 0. The van der Waals surface area contributed by atoms with Gasteiger partial charge in [0.2, 0.25) is 0 Å². The maximum atomic E-state index is 5.55. The lowest BCUT2D eigenvalue weighted by Crippen LogP contribution is -1.94. The van der Waals surface area contributed by atoms with E-state index in [1.165, 1.54) is 5.37 Å². The molecule has 0 spiro atoms. The van der Waals surface area contributed by atoms with Gasteiger partial charge in [-0.15, -0.1) is 0 Å². The molecule has 1 aromatic rings. The first kappa shape index (κ1) is 7.02. The Balaban J connectivity index is 3.19. The van der Waals surface area contributed by atoms with Crippen molar-refractivity contribution in [3.05, 3.63) is 23.8 Å². The second kappa shape index (κ2) is 2.66. The van der Waals surface area contributed by atoms with Gasteiger partial charge < -0.3 is 11.5 Å². The highest BCUT2D eigenvalue weighted by Crippen LogP contribution is 2.13. The number of thiocarbonyl (C=S) groups is 1. The standard InChI is InChI=1S/C7H8N2S/c8-6-2-1-5(4-10)7(9)3-6/h1-4H,8-9H2. The molecule has 0 atom stereocenters. The van der Waals surface area contributed by atoms with Crippen molar-refractivity contribution in [3.8, 4) is 0 Å². The SMILES string of the molecule is Nc1ccc(C=S)c(N)c1. The number of hydrogen-bond donors (Lipinski definition) is 2. The molecule has 0 saturated heterocycles. The summed E-state index contributed by atoms with van der Waals surface area (Å²) in [5.41, 5.74) is 13.2. The van der Waals surface area contributed by atoms with Crippen molar-refractivity contribution >= 4 is 29.0 Å². The molecule has 0 radical (unpaired) electrons. The van der Waals surface area contributed by atoms with E-state index in [-0.39, 0.29) is 0 Å². The molecule has 1 rings (SSSR count). The first-order valence-electron chi connectivity index (χ1n) is 2.84. The van der Waals surface area contributed by atoms with Crippen molar-refractivity contribution in [2.24, 2.45) is 0 Å². The van der Waals surface area contributed by atoms with Gasteiger partial charge in [0.25, 0.3) is 0 Å². The van der Waals surface area contributed by atoms with Crippen molar-refractivity contribution in [2.75, 3.05) is 11.5 Å². The van der Waals surface area contributed by atoms with Crippen molar-refractivity contribution in [1.82, 2.24) is 0 Å². The molecule has 0 saturated carbocycles. The lowest BCUT2D eigenvalue weighted by molar-refractivity contribution is 1.65. The van der Waals surface area contributed by atoms with Gasteiger partial charge in [0.1, 0.15) is 0 Å². The van der Waals surface area contributed by atoms with Crippen LogP contribution < -0.4 is 11.5 Å². The normalized spacial score (nSPS) is 9.20. The zero-order valence-corrected chi connectivity index (χ0v) is 6.19. The quantitative estimate of drug-likeness (QED) is 0.469. The molecule has 52 valence electrons. The molecular weight excluding hydrogens is 144 g/mol. The van der Waals surface area contributed by atoms with Crippen molar-refractivity contribution in [1.29, 1.82) is 0 Å². The number of nitrogen functional groups attached to an aromatic ring is 2. The molecule has 0 amide bonds. The van der Waals surface area contributed by atoms with Gasteiger partial charge in [0.05, 0.1) is 0 Å². The van der Waals surface area contributed by atoms with Crippen molar-refractivity contribution < 1.29 is 0 Å². The highest BCUT2D eigenvalue weighted by atomic mass is 32.1. The minimum atomic E-state index is 0.634. The Bertz CT molecular complexity index is 258. The van der Waals surface area contributed by atoms with E-state index in [9.17, 15) is 0 Å². The van der Waals surface area contributed by atoms with Gasteiger partial charge in [-0.25, -0.2) is 0 Å². The predicted molar refractivity (Wildman–Crippen MR) is 48.0 cm³/mol. The van der Waals surface area contributed by atoms with Gasteiger partial charge >= 0.3 is 0 Å². The summed E-state index contributed by atoms with van der Waals surface area (Å²) >= 11 is 4.70. The fraction of sp³-hybridized carbons (Fsp3) is 0. The maximum absolute atomic E-state index is 5.55. The Morgan fingerprint density at radius 3 is 2.50 bits per heavy atom. The summed E-state index contributed by atoms with van der Waals surface area (Å²) in [5.74, 6) is 0. The topological polar surface area (TPSA) is 52.0 Å². The number of anilines is 2. The van der Waals surface area contributed by atoms with E-state index < -0.39 is 0 Å². The Morgan fingerprint density at radius 2 is 2.00 bits per heavy atom. The second-order valence-corrected chi connectivity index (χ2v) is 2.24. The Hall–Kier alpha value is -1.09. The third kappa shape index (κ3) is 1.25. The Labute approximate surface area is 64.8 Å². The number of rotatable bonds is 1. The molecule has 0 fully saturated rings. The summed E-state index contributed by atoms with van der Waals surface area (Å²) in [5, 5.41) is 1.54. The van der Waals surface area contributed by atoms with E-state index in [2.05, 4.69) is 0 Å². The molecule has 0 heterocycles. The fourth-order valence-electron chi connectivity index (χ4n) is 0.701. The summed E-state index contributed by atoms with van der Waals surface area (Å²) in [6.07, 6.45) is 0. The lowest BCUT2D eigenvalue weighted by Gasteiger charge is -1.98. The van der Waals surface area contributed by atoms with Crippen molar-refractivity contribution in [3.63, 3.8) is 0 Å². The third-order valence-electron chi connectivity index (χ3n) is 1.24. The highest BCUT2D eigenvalue weighted by Gasteiger charge is 1.93. The maximum Gasteiger partial charge on any atom is 0.0416 e. The summed E-state index contributed by atoms with van der Waals surface area (Å²) in [7, 11) is 0. The van der Waals surface area contributed by atoms with Crippen LogP contribution in [-0.4, -0.2) is 5.37 Å². The second-order valence-electron chi connectivity index (χ2n) is 2.01. The van der Waals surface area contributed by atoms with Gasteiger partial charge in [-0.05, 0) is 12.1 Å². The molecule has 10 heavy (non-hydrogen) atoms. The van der Waals surface area contributed by atoms with Gasteiger partial charge in [-0.3, -0.25) is 0 Å². The Morgan fingerprint density at radius 1 is 1.30 bits per heavy atom. The average molecular weight is 152 g/mol. The third-order valence-corrected chi connectivity index (χ3v) is 1.49. The largest absolute Gasteiger partial charge is 0.399 e. The minimum absolute atomic E-state index is 0.634. The van der Waals surface area contributed by atoms with Crippen LogP contribution in [0.5, 0.6) is 0 Å². The Kier molecular flexibility index (Phi) is 1.87. The number of benzene rings is 1. The molecule has 0 aliphatic carbocycles. The molecule has 0 unspecified atom stereocenters. The summed E-state index contributed by atoms with van der Waals surface area (Å²) in [6, 6.07) is 5.27. The average Bonchev–Trinajstić information content (AvgIpc) is 1.88. The van der Waals surface area contributed by atoms with E-state index in [1.54, 1.807) is 18.2 Å². The zero-order chi connectivity index (χ0) is 7.56. The number of hydrogen-bond acceptors (Lipinski definition) is 3. The van der Waals surface area contributed by atoms with E-state index in [0.717, 1.165) is 5.56 Å². The fourth-order valence-corrected chi connectivity index (χ4v) is 0.915. The molecule has 4 N–H and O–H groups in total. The monoisotopic (exact) mass is 152 g/mol. The molecule has 0 aliphatic heterocycles. The van der Waals surface area contributed by atoms with Crippen LogP contribution in [0.4, 0.5) is 11.4 Å². The van der Waals surface area contributed by atoms with E-state index in [4.69, 9.17) is 23.7 Å². The molecule has 2 nitrogen and oxygen atoms in total. The van der Waals surface area contributed by atoms with Gasteiger partial charge in [-0.2, -0.15) is 0 Å². The van der Waals surface area contributed by atoms with Crippen LogP contribution in [-0.2, 0) is 0 Å². The van der Waals surface area contributed by atoms with E-state index >= 15 is 0 Å². The van der Waals surface area contributed by atoms with Crippen LogP contribution in [0.2, 0.25) is 0 Å². The molecule has 0 aromatic heterocycles. The molecule has 0 bridgehead atoms. The van der Waals surface area contributed by atoms with Crippen LogP contribution in [0.3, 0.4) is 0 Å². The predicted octanol–water partition coefficient (Wildman–Crippen LogP) is 1.20. The summed E-state index contributed by atoms with van der Waals surface area (Å²) in [4.78, 5) is 0. The number of nitrogens with two attached hydrogens (primary N) is 2. The highest BCUT2D eigenvalue weighted by molar-refractivity contribution is 7.79. The first-order chi connectivity index (χ1) is 4.74. The van der Waals surface area contributed by atoms with Crippen LogP contribution in [0, 0.1) is 0 Å². The van der Waals surface area contributed by atoms with Crippen LogP contribution in [0.25, 0.3) is 0 Å². The molecular formula is C7H8N2S. The van der Waals surface area contributed by atoms with Crippen molar-refractivity contribution in [2.45, 2.75) is 0 Å². The minimum Gasteiger partial charge on any atom is -0.399 e. The lowest BCUT2D eigenvalue weighted by atomic mass is 10.2. The van der Waals surface area contributed by atoms with Crippen LogP contribution in [0.15, 0.2) is 18.2 Å². The zero-order valence-electron chi connectivity index (χ0n) is 5.37. The van der Waals surface area contributed by atoms with Crippen LogP contribution in [0.1, 0.15) is 5.56 Å². The van der Waals surface area contributed by atoms with Gasteiger partial charge in [-0.1, -0.05) is 18.3 Å². The van der Waals surface area contributed by atoms with Crippen LogP contribution >= 0.6 is 12.2 Å². The first-order valence-corrected chi connectivity index (χ1v) is 3.31. The summed E-state index contributed by atoms with van der Waals surface area (Å²) < 4.78 is 0. The molecule has 1 aromatic carbocycles. The van der Waals surface area contributed by atoms with Gasteiger partial charge in [0, 0.05) is 22.3 Å². The molecule has 3 heteroatoms. The molecule has 0 aliphatic rings.